The van der Waals surface area contributed by atoms with Crippen LogP contribution in [0.1, 0.15) is 17.0 Å². The lowest BCUT2D eigenvalue weighted by molar-refractivity contribution is -0.135. The Morgan fingerprint density at radius 2 is 1.38 bits per heavy atom. The fourth-order valence-electron chi connectivity index (χ4n) is 3.39. The largest absolute Gasteiger partial charge is 0.426 e. The highest BCUT2D eigenvalue weighted by molar-refractivity contribution is 5.92. The molecule has 4 rings (SSSR count). The number of fused-ring (bicyclic) bond motifs is 2. The first-order chi connectivity index (χ1) is 12.5. The van der Waals surface area contributed by atoms with Crippen LogP contribution in [0.25, 0.3) is 0 Å². The number of para-hydroxylation sites is 2. The number of ether oxygens (including phenoxy) is 1. The third-order valence-corrected chi connectivity index (χ3v) is 4.51. The second kappa shape index (κ2) is 6.26. The Labute approximate surface area is 149 Å². The zero-order valence-corrected chi connectivity index (χ0v) is 13.9. The van der Waals surface area contributed by atoms with E-state index in [1.54, 1.807) is 0 Å². The number of anilines is 2. The van der Waals surface area contributed by atoms with Crippen LogP contribution in [0.4, 0.5) is 20.2 Å². The van der Waals surface area contributed by atoms with Crippen LogP contribution in [-0.4, -0.2) is 13.0 Å². The summed E-state index contributed by atoms with van der Waals surface area (Å²) in [7, 11) is 1.93. The first-order valence-electron chi connectivity index (χ1n) is 8.14. The summed E-state index contributed by atoms with van der Waals surface area (Å²) in [6.45, 7) is 0. The van der Waals surface area contributed by atoms with Crippen LogP contribution >= 0.6 is 0 Å². The quantitative estimate of drug-likeness (QED) is 0.491. The lowest BCUT2D eigenvalue weighted by atomic mass is 9.85. The van der Waals surface area contributed by atoms with E-state index in [1.807, 2.05) is 60.5 Å². The van der Waals surface area contributed by atoms with E-state index in [4.69, 9.17) is 4.74 Å². The molecule has 0 fully saturated rings. The van der Waals surface area contributed by atoms with Gasteiger partial charge >= 0.3 is 5.97 Å². The van der Waals surface area contributed by atoms with Gasteiger partial charge in [0.05, 0.1) is 0 Å². The summed E-state index contributed by atoms with van der Waals surface area (Å²) >= 11 is 0. The number of rotatable bonds is 2. The second-order valence-corrected chi connectivity index (χ2v) is 6.14. The first kappa shape index (κ1) is 16.3. The molecule has 0 unspecified atom stereocenters. The number of hydrogen-bond acceptors (Lipinski definition) is 3. The molecule has 0 amide bonds. The van der Waals surface area contributed by atoms with Crippen molar-refractivity contribution in [2.75, 3.05) is 11.9 Å². The van der Waals surface area contributed by atoms with Gasteiger partial charge in [-0.05, 0) is 23.3 Å². The molecule has 3 nitrogen and oxygen atoms in total. The maximum atomic E-state index is 13.4. The molecule has 0 aliphatic carbocycles. The zero-order chi connectivity index (χ0) is 18.3. The molecule has 0 N–H and O–H groups in total. The molecular weight excluding hydrogens is 336 g/mol. The minimum atomic E-state index is -0.794. The van der Waals surface area contributed by atoms with Gasteiger partial charge in [-0.15, -0.1) is 0 Å². The highest BCUT2D eigenvalue weighted by Gasteiger charge is 2.34. The van der Waals surface area contributed by atoms with Gasteiger partial charge in [-0.3, -0.25) is 4.79 Å². The van der Waals surface area contributed by atoms with Gasteiger partial charge in [0, 0.05) is 36.6 Å². The van der Waals surface area contributed by atoms with Crippen molar-refractivity contribution in [2.45, 2.75) is 5.92 Å². The first-order valence-corrected chi connectivity index (χ1v) is 8.14. The fraction of sp³-hybridized carbons (Fsp3) is 0.0952. The number of carbonyl (C=O) groups excluding carboxylic acids is 1. The topological polar surface area (TPSA) is 29.5 Å². The van der Waals surface area contributed by atoms with Gasteiger partial charge < -0.3 is 9.64 Å². The summed E-state index contributed by atoms with van der Waals surface area (Å²) < 4.78 is 32.2. The normalized spacial score (nSPS) is 13.1. The van der Waals surface area contributed by atoms with Crippen molar-refractivity contribution in [3.8, 4) is 5.75 Å². The fourth-order valence-corrected chi connectivity index (χ4v) is 3.39. The van der Waals surface area contributed by atoms with Crippen molar-refractivity contribution in [2.24, 2.45) is 0 Å². The van der Waals surface area contributed by atoms with Gasteiger partial charge in [-0.25, -0.2) is 8.78 Å². The average molecular weight is 351 g/mol. The molecule has 5 heteroatoms. The smallest absolute Gasteiger partial charge is 0.323 e. The van der Waals surface area contributed by atoms with Crippen molar-refractivity contribution < 1.29 is 18.3 Å². The Balaban J connectivity index is 1.78. The minimum absolute atomic E-state index is 0.151. The molecule has 0 atom stereocenters. The maximum absolute atomic E-state index is 13.4. The molecule has 0 saturated carbocycles. The van der Waals surface area contributed by atoms with Gasteiger partial charge in [0.25, 0.3) is 0 Å². The molecule has 130 valence electrons. The van der Waals surface area contributed by atoms with Gasteiger partial charge in [-0.1, -0.05) is 36.4 Å². The van der Waals surface area contributed by atoms with Crippen molar-refractivity contribution in [1.82, 2.24) is 0 Å². The van der Waals surface area contributed by atoms with Crippen LogP contribution in [0.2, 0.25) is 0 Å². The van der Waals surface area contributed by atoms with Crippen LogP contribution in [0.15, 0.2) is 66.7 Å². The molecule has 0 spiro atoms. The molecule has 0 radical (unpaired) electrons. The lowest BCUT2D eigenvalue weighted by Crippen LogP contribution is -2.28. The van der Waals surface area contributed by atoms with Gasteiger partial charge in [0.2, 0.25) is 0 Å². The third kappa shape index (κ3) is 2.71. The Kier molecular flexibility index (Phi) is 3.92. The number of benzene rings is 3. The second-order valence-electron chi connectivity index (χ2n) is 6.14. The molecule has 0 bridgehead atoms. The molecular formula is C21H15F2NO2. The zero-order valence-electron chi connectivity index (χ0n) is 13.9. The maximum Gasteiger partial charge on any atom is 0.323 e. The molecule has 0 aromatic heterocycles. The van der Waals surface area contributed by atoms with Crippen LogP contribution < -0.4 is 9.64 Å². The standard InChI is InChI=1S/C21H15F2NO2/c1-24-18-8-4-2-6-16(18)20(17-7-3-5-9-19(17)24)21(25)26-15-11-13(22)10-14(23)12-15/h2-12,20H,1H3. The number of carbonyl (C=O) groups is 1. The van der Waals surface area contributed by atoms with Crippen molar-refractivity contribution in [3.05, 3.63) is 89.5 Å². The summed E-state index contributed by atoms with van der Waals surface area (Å²) in [6, 6.07) is 17.8. The Hall–Kier alpha value is -3.21. The SMILES string of the molecule is CN1c2ccccc2C(C(=O)Oc2cc(F)cc(F)c2)c2ccccc21. The van der Waals surface area contributed by atoms with Crippen LogP contribution in [0.5, 0.6) is 5.75 Å². The van der Waals surface area contributed by atoms with Gasteiger partial charge in [-0.2, -0.15) is 0 Å². The number of nitrogens with zero attached hydrogens (tertiary/aromatic N) is 1. The Morgan fingerprint density at radius 1 is 0.885 bits per heavy atom. The number of halogens is 2. The summed E-state index contributed by atoms with van der Waals surface area (Å²) in [5.41, 5.74) is 3.35. The van der Waals surface area contributed by atoms with Crippen molar-refractivity contribution in [1.29, 1.82) is 0 Å². The highest BCUT2D eigenvalue weighted by atomic mass is 19.1. The lowest BCUT2D eigenvalue weighted by Gasteiger charge is -2.34. The molecule has 1 aliphatic heterocycles. The van der Waals surface area contributed by atoms with E-state index < -0.39 is 23.5 Å². The van der Waals surface area contributed by atoms with E-state index in [-0.39, 0.29) is 5.75 Å². The third-order valence-electron chi connectivity index (χ3n) is 4.51. The predicted molar refractivity (Wildman–Crippen MR) is 94.8 cm³/mol. The summed E-state index contributed by atoms with van der Waals surface area (Å²) in [5, 5.41) is 0. The van der Waals surface area contributed by atoms with Gasteiger partial charge in [0.1, 0.15) is 23.3 Å². The van der Waals surface area contributed by atoms with Crippen LogP contribution in [0.3, 0.4) is 0 Å². The predicted octanol–water partition coefficient (Wildman–Crippen LogP) is 4.78. The highest BCUT2D eigenvalue weighted by Crippen LogP contribution is 2.44. The number of esters is 1. The minimum Gasteiger partial charge on any atom is -0.426 e. The van der Waals surface area contributed by atoms with Gasteiger partial charge in [0.15, 0.2) is 0 Å². The van der Waals surface area contributed by atoms with Crippen molar-refractivity contribution in [3.63, 3.8) is 0 Å². The average Bonchev–Trinajstić information content (AvgIpc) is 2.61. The molecule has 0 saturated heterocycles. The number of hydrogen-bond donors (Lipinski definition) is 0. The molecule has 3 aromatic carbocycles. The van der Waals surface area contributed by atoms with Crippen LogP contribution in [0, 0.1) is 11.6 Å². The van der Waals surface area contributed by atoms with E-state index in [9.17, 15) is 13.6 Å². The molecule has 26 heavy (non-hydrogen) atoms. The van der Waals surface area contributed by atoms with Crippen molar-refractivity contribution >= 4 is 17.3 Å². The Bertz CT molecular complexity index is 935. The van der Waals surface area contributed by atoms with E-state index in [0.29, 0.717) is 0 Å². The summed E-state index contributed by atoms with van der Waals surface area (Å²) in [5.74, 6) is -3.00. The van der Waals surface area contributed by atoms with E-state index in [0.717, 1.165) is 40.7 Å². The Morgan fingerprint density at radius 3 is 1.92 bits per heavy atom. The van der Waals surface area contributed by atoms with E-state index >= 15 is 0 Å². The summed E-state index contributed by atoms with van der Waals surface area (Å²) in [6.07, 6.45) is 0. The summed E-state index contributed by atoms with van der Waals surface area (Å²) in [4.78, 5) is 14.9. The van der Waals surface area contributed by atoms with E-state index in [1.165, 1.54) is 0 Å². The van der Waals surface area contributed by atoms with E-state index in [2.05, 4.69) is 0 Å². The monoisotopic (exact) mass is 351 g/mol. The molecule has 1 aliphatic rings. The molecule has 3 aromatic rings. The molecule has 1 heterocycles. The van der Waals surface area contributed by atoms with Crippen LogP contribution in [-0.2, 0) is 4.79 Å².